The van der Waals surface area contributed by atoms with Crippen LogP contribution in [0, 0.1) is 5.92 Å². The predicted molar refractivity (Wildman–Crippen MR) is 81.1 cm³/mol. The average molecular weight is 306 g/mol. The highest BCUT2D eigenvalue weighted by molar-refractivity contribution is 6.30. The van der Waals surface area contributed by atoms with Crippen molar-refractivity contribution in [1.82, 2.24) is 0 Å². The highest BCUT2D eigenvalue weighted by Crippen LogP contribution is 2.40. The number of benzene rings is 1. The SMILES string of the molecule is ClCC(CCl)(CC1CCCC1)c1ccc(Cl)cc1. The van der Waals surface area contributed by atoms with Gasteiger partial charge in [-0.15, -0.1) is 23.2 Å². The van der Waals surface area contributed by atoms with Gasteiger partial charge in [0.2, 0.25) is 0 Å². The largest absolute Gasteiger partial charge is 0.126 e. The van der Waals surface area contributed by atoms with Crippen LogP contribution in [-0.2, 0) is 5.41 Å². The van der Waals surface area contributed by atoms with Gasteiger partial charge < -0.3 is 0 Å². The highest BCUT2D eigenvalue weighted by Gasteiger charge is 2.34. The molecule has 1 aromatic carbocycles. The first kappa shape index (κ1) is 14.5. The molecule has 0 atom stereocenters. The Labute approximate surface area is 125 Å². The van der Waals surface area contributed by atoms with Crippen LogP contribution in [0.5, 0.6) is 0 Å². The first-order chi connectivity index (χ1) is 8.70. The van der Waals surface area contributed by atoms with Crippen molar-refractivity contribution in [2.24, 2.45) is 5.92 Å². The summed E-state index contributed by atoms with van der Waals surface area (Å²) in [5.41, 5.74) is 1.13. The van der Waals surface area contributed by atoms with Crippen LogP contribution in [0.3, 0.4) is 0 Å². The molecule has 0 aliphatic heterocycles. The number of rotatable bonds is 5. The van der Waals surface area contributed by atoms with Crippen LogP contribution in [-0.4, -0.2) is 11.8 Å². The molecular weight excluding hydrogens is 287 g/mol. The molecule has 1 fully saturated rings. The third kappa shape index (κ3) is 3.15. The van der Waals surface area contributed by atoms with Crippen LogP contribution < -0.4 is 0 Å². The summed E-state index contributed by atoms with van der Waals surface area (Å²) >= 11 is 18.5. The van der Waals surface area contributed by atoms with E-state index < -0.39 is 0 Å². The lowest BCUT2D eigenvalue weighted by molar-refractivity contribution is 0.372. The summed E-state index contributed by atoms with van der Waals surface area (Å²) in [6, 6.07) is 8.00. The molecule has 0 aromatic heterocycles. The summed E-state index contributed by atoms with van der Waals surface area (Å²) in [5, 5.41) is 0.762. The van der Waals surface area contributed by atoms with Gasteiger partial charge >= 0.3 is 0 Å². The van der Waals surface area contributed by atoms with Crippen LogP contribution >= 0.6 is 34.8 Å². The van der Waals surface area contributed by atoms with E-state index in [9.17, 15) is 0 Å². The Hall–Kier alpha value is 0.0900. The van der Waals surface area contributed by atoms with Gasteiger partial charge in [0.05, 0.1) is 0 Å². The minimum atomic E-state index is -0.0945. The fraction of sp³-hybridized carbons (Fsp3) is 0.600. The van der Waals surface area contributed by atoms with E-state index in [1.807, 2.05) is 12.1 Å². The molecule has 0 bridgehead atoms. The van der Waals surface area contributed by atoms with Gasteiger partial charge in [0.25, 0.3) is 0 Å². The van der Waals surface area contributed by atoms with Crippen molar-refractivity contribution >= 4 is 34.8 Å². The molecule has 0 amide bonds. The predicted octanol–water partition coefficient (Wildman–Crippen LogP) is 5.64. The second-order valence-electron chi connectivity index (χ2n) is 5.41. The average Bonchev–Trinajstić information content (AvgIpc) is 2.90. The molecule has 1 saturated carbocycles. The molecule has 1 aliphatic rings. The molecule has 0 radical (unpaired) electrons. The fourth-order valence-electron chi connectivity index (χ4n) is 2.99. The van der Waals surface area contributed by atoms with Gasteiger partial charge in [-0.2, -0.15) is 0 Å². The lowest BCUT2D eigenvalue weighted by Crippen LogP contribution is -2.32. The standard InChI is InChI=1S/C15H19Cl3/c16-10-15(11-17,9-12-3-1-2-4-12)13-5-7-14(18)8-6-13/h5-8,12H,1-4,9-11H2. The van der Waals surface area contributed by atoms with Crippen molar-refractivity contribution in [3.05, 3.63) is 34.9 Å². The summed E-state index contributed by atoms with van der Waals surface area (Å²) in [4.78, 5) is 0. The molecule has 0 N–H and O–H groups in total. The summed E-state index contributed by atoms with van der Waals surface area (Å²) in [6.07, 6.45) is 6.45. The zero-order valence-electron chi connectivity index (χ0n) is 10.5. The first-order valence-electron chi connectivity index (χ1n) is 6.58. The maximum Gasteiger partial charge on any atom is 0.0406 e. The molecule has 1 aromatic rings. The monoisotopic (exact) mass is 304 g/mol. The van der Waals surface area contributed by atoms with Gasteiger partial charge in [0.15, 0.2) is 0 Å². The fourth-order valence-corrected chi connectivity index (χ4v) is 3.93. The Morgan fingerprint density at radius 2 is 1.56 bits per heavy atom. The normalized spacial score (nSPS) is 17.3. The third-order valence-corrected chi connectivity index (χ3v) is 5.40. The van der Waals surface area contributed by atoms with Gasteiger partial charge in [-0.25, -0.2) is 0 Å². The van der Waals surface area contributed by atoms with Crippen LogP contribution in [0.1, 0.15) is 37.7 Å². The third-order valence-electron chi connectivity index (χ3n) is 4.12. The molecule has 0 spiro atoms. The van der Waals surface area contributed by atoms with Crippen molar-refractivity contribution in [3.8, 4) is 0 Å². The van der Waals surface area contributed by atoms with Crippen molar-refractivity contribution in [2.75, 3.05) is 11.8 Å². The zero-order chi connectivity index (χ0) is 13.0. The van der Waals surface area contributed by atoms with Gasteiger partial charge in [-0.05, 0) is 30.0 Å². The highest BCUT2D eigenvalue weighted by atomic mass is 35.5. The zero-order valence-corrected chi connectivity index (χ0v) is 12.7. The van der Waals surface area contributed by atoms with E-state index in [0.29, 0.717) is 11.8 Å². The minimum absolute atomic E-state index is 0.0945. The van der Waals surface area contributed by atoms with Crippen molar-refractivity contribution in [1.29, 1.82) is 0 Å². The quantitative estimate of drug-likeness (QED) is 0.618. The van der Waals surface area contributed by atoms with Crippen LogP contribution in [0.25, 0.3) is 0 Å². The summed E-state index contributed by atoms with van der Waals surface area (Å²) in [7, 11) is 0. The van der Waals surface area contributed by atoms with Crippen molar-refractivity contribution in [2.45, 2.75) is 37.5 Å². The first-order valence-corrected chi connectivity index (χ1v) is 8.03. The van der Waals surface area contributed by atoms with E-state index in [1.54, 1.807) is 0 Å². The Morgan fingerprint density at radius 3 is 2.06 bits per heavy atom. The van der Waals surface area contributed by atoms with E-state index in [0.717, 1.165) is 17.4 Å². The maximum atomic E-state index is 6.26. The Bertz CT molecular complexity index is 362. The Morgan fingerprint density at radius 1 is 1.00 bits per heavy atom. The van der Waals surface area contributed by atoms with E-state index in [4.69, 9.17) is 34.8 Å². The van der Waals surface area contributed by atoms with Gasteiger partial charge in [0.1, 0.15) is 0 Å². The molecule has 3 heteroatoms. The Balaban J connectivity index is 2.21. The van der Waals surface area contributed by atoms with Gasteiger partial charge in [-0.3, -0.25) is 0 Å². The van der Waals surface area contributed by atoms with E-state index in [2.05, 4.69) is 12.1 Å². The smallest absolute Gasteiger partial charge is 0.0406 e. The number of hydrogen-bond donors (Lipinski definition) is 0. The number of halogens is 3. The Kier molecular flexibility index (Phi) is 5.24. The lowest BCUT2D eigenvalue weighted by atomic mass is 9.76. The summed E-state index contributed by atoms with van der Waals surface area (Å²) in [5.74, 6) is 1.93. The second kappa shape index (κ2) is 6.50. The van der Waals surface area contributed by atoms with Crippen molar-refractivity contribution < 1.29 is 0 Å². The molecule has 18 heavy (non-hydrogen) atoms. The molecule has 0 unspecified atom stereocenters. The second-order valence-corrected chi connectivity index (χ2v) is 6.38. The molecule has 0 heterocycles. The van der Waals surface area contributed by atoms with Gasteiger partial charge in [0, 0.05) is 22.2 Å². The van der Waals surface area contributed by atoms with Crippen molar-refractivity contribution in [3.63, 3.8) is 0 Å². The topological polar surface area (TPSA) is 0 Å². The van der Waals surface area contributed by atoms with E-state index in [-0.39, 0.29) is 5.41 Å². The van der Waals surface area contributed by atoms with Gasteiger partial charge in [-0.1, -0.05) is 49.4 Å². The molecule has 100 valence electrons. The van der Waals surface area contributed by atoms with E-state index >= 15 is 0 Å². The number of alkyl halides is 2. The minimum Gasteiger partial charge on any atom is -0.126 e. The van der Waals surface area contributed by atoms with Crippen LogP contribution in [0.2, 0.25) is 5.02 Å². The molecule has 0 saturated heterocycles. The van der Waals surface area contributed by atoms with Crippen LogP contribution in [0.15, 0.2) is 24.3 Å². The maximum absolute atomic E-state index is 6.26. The molecule has 2 rings (SSSR count). The molecular formula is C15H19Cl3. The molecule has 1 aliphatic carbocycles. The lowest BCUT2D eigenvalue weighted by Gasteiger charge is -2.33. The summed E-state index contributed by atoms with van der Waals surface area (Å²) < 4.78 is 0. The number of hydrogen-bond acceptors (Lipinski definition) is 0. The summed E-state index contributed by atoms with van der Waals surface area (Å²) in [6.45, 7) is 0. The van der Waals surface area contributed by atoms with E-state index in [1.165, 1.54) is 31.2 Å². The van der Waals surface area contributed by atoms with Crippen LogP contribution in [0.4, 0.5) is 0 Å². The molecule has 0 nitrogen and oxygen atoms in total.